The summed E-state index contributed by atoms with van der Waals surface area (Å²) < 4.78 is 0. The normalized spacial score (nSPS) is 10.5. The van der Waals surface area contributed by atoms with Crippen molar-refractivity contribution < 1.29 is 4.79 Å². The van der Waals surface area contributed by atoms with Crippen molar-refractivity contribution in [1.29, 1.82) is 0 Å². The fourth-order valence-electron chi connectivity index (χ4n) is 2.61. The predicted octanol–water partition coefficient (Wildman–Crippen LogP) is 2.42. The molecule has 3 rings (SSSR count). The molecule has 0 aliphatic rings. The summed E-state index contributed by atoms with van der Waals surface area (Å²) in [4.78, 5) is 39.9. The highest BCUT2D eigenvalue weighted by Crippen LogP contribution is 2.14. The first kappa shape index (κ1) is 17.5. The molecule has 0 saturated heterocycles. The zero-order chi connectivity index (χ0) is 18.5. The second kappa shape index (κ2) is 7.69. The predicted molar refractivity (Wildman–Crippen MR) is 98.8 cm³/mol. The van der Waals surface area contributed by atoms with E-state index in [0.29, 0.717) is 29.3 Å². The Hall–Kier alpha value is -3.35. The number of amides is 1. The van der Waals surface area contributed by atoms with Gasteiger partial charge in [0.15, 0.2) is 0 Å². The van der Waals surface area contributed by atoms with Gasteiger partial charge >= 0.3 is 0 Å². The molecule has 132 valence electrons. The van der Waals surface area contributed by atoms with Gasteiger partial charge in [-0.25, -0.2) is 9.97 Å². The monoisotopic (exact) mass is 349 g/mol. The number of pyridine rings is 2. The van der Waals surface area contributed by atoms with E-state index in [4.69, 9.17) is 0 Å². The number of hydrogen-bond donors (Lipinski definition) is 2. The van der Waals surface area contributed by atoms with Gasteiger partial charge in [0.05, 0.1) is 0 Å². The van der Waals surface area contributed by atoms with Gasteiger partial charge < -0.3 is 10.3 Å². The highest BCUT2D eigenvalue weighted by Gasteiger charge is 2.12. The second-order valence-electron chi connectivity index (χ2n) is 5.93. The smallest absolute Gasteiger partial charge is 0.254 e. The van der Waals surface area contributed by atoms with E-state index in [9.17, 15) is 9.59 Å². The van der Waals surface area contributed by atoms with Crippen molar-refractivity contribution >= 4 is 11.7 Å². The molecule has 2 N–H and O–H groups in total. The van der Waals surface area contributed by atoms with Crippen LogP contribution in [-0.2, 0) is 11.2 Å². The van der Waals surface area contributed by atoms with Crippen molar-refractivity contribution in [3.05, 3.63) is 70.0 Å². The molecule has 0 spiro atoms. The molecule has 0 bridgehead atoms. The molecule has 1 amide bonds. The number of carbonyl (C=O) groups excluding carboxylic acids is 1. The van der Waals surface area contributed by atoms with Crippen LogP contribution in [0.5, 0.6) is 0 Å². The molecule has 0 fully saturated rings. The number of H-pyrrole nitrogens is 1. The Labute approximate surface area is 150 Å². The van der Waals surface area contributed by atoms with Crippen molar-refractivity contribution in [2.75, 3.05) is 5.32 Å². The molecule has 0 aliphatic heterocycles. The van der Waals surface area contributed by atoms with Crippen LogP contribution in [0.4, 0.5) is 5.82 Å². The molecule has 7 heteroatoms. The first-order valence-electron chi connectivity index (χ1n) is 8.26. The zero-order valence-electron chi connectivity index (χ0n) is 14.6. The number of aryl methyl sites for hydroxylation is 2. The van der Waals surface area contributed by atoms with E-state index in [2.05, 4.69) is 25.3 Å². The molecule has 0 unspecified atom stereocenters. The van der Waals surface area contributed by atoms with Crippen LogP contribution in [0.25, 0.3) is 11.4 Å². The Morgan fingerprint density at radius 1 is 1.12 bits per heavy atom. The zero-order valence-corrected chi connectivity index (χ0v) is 14.6. The SMILES string of the molecule is Cc1cccc(NC(=O)CCc2c(C)nc(-c3ccncc3)[nH]c2=O)n1. The molecule has 0 radical (unpaired) electrons. The van der Waals surface area contributed by atoms with Gasteiger partial charge in [-0.3, -0.25) is 14.6 Å². The number of nitrogens with one attached hydrogen (secondary N) is 2. The van der Waals surface area contributed by atoms with Crippen LogP contribution in [0, 0.1) is 13.8 Å². The minimum atomic E-state index is -0.231. The van der Waals surface area contributed by atoms with Crippen LogP contribution in [0.1, 0.15) is 23.4 Å². The highest BCUT2D eigenvalue weighted by atomic mass is 16.1. The maximum atomic E-state index is 12.4. The molecule has 0 atom stereocenters. The van der Waals surface area contributed by atoms with Crippen molar-refractivity contribution in [3.8, 4) is 11.4 Å². The third-order valence-electron chi connectivity index (χ3n) is 3.93. The molecule has 0 aromatic carbocycles. The van der Waals surface area contributed by atoms with Gasteiger partial charge in [0.2, 0.25) is 5.91 Å². The maximum absolute atomic E-state index is 12.4. The van der Waals surface area contributed by atoms with Crippen LogP contribution < -0.4 is 10.9 Å². The molecule has 3 aromatic rings. The lowest BCUT2D eigenvalue weighted by molar-refractivity contribution is -0.116. The topological polar surface area (TPSA) is 101 Å². The van der Waals surface area contributed by atoms with Crippen LogP contribution in [0.2, 0.25) is 0 Å². The summed E-state index contributed by atoms with van der Waals surface area (Å²) in [5.74, 6) is 0.805. The number of anilines is 1. The Balaban J connectivity index is 1.70. The molecule has 7 nitrogen and oxygen atoms in total. The summed E-state index contributed by atoms with van der Waals surface area (Å²) >= 11 is 0. The number of carbonyl (C=O) groups is 1. The number of aromatic nitrogens is 4. The van der Waals surface area contributed by atoms with E-state index in [1.54, 1.807) is 37.5 Å². The Morgan fingerprint density at radius 3 is 2.58 bits per heavy atom. The average Bonchev–Trinajstić information content (AvgIpc) is 2.61. The molecule has 0 aliphatic carbocycles. The highest BCUT2D eigenvalue weighted by molar-refractivity contribution is 5.89. The summed E-state index contributed by atoms with van der Waals surface area (Å²) in [6.45, 7) is 3.63. The van der Waals surface area contributed by atoms with Gasteiger partial charge in [0, 0.05) is 41.3 Å². The number of aromatic amines is 1. The third-order valence-corrected chi connectivity index (χ3v) is 3.93. The van der Waals surface area contributed by atoms with E-state index in [-0.39, 0.29) is 17.9 Å². The fourth-order valence-corrected chi connectivity index (χ4v) is 2.61. The van der Waals surface area contributed by atoms with Gasteiger partial charge in [-0.15, -0.1) is 0 Å². The van der Waals surface area contributed by atoms with Crippen molar-refractivity contribution in [3.63, 3.8) is 0 Å². The Kier molecular flexibility index (Phi) is 5.17. The third kappa shape index (κ3) is 4.18. The number of rotatable bonds is 5. The lowest BCUT2D eigenvalue weighted by Gasteiger charge is -2.08. The molecule has 3 heterocycles. The van der Waals surface area contributed by atoms with Gasteiger partial charge in [-0.1, -0.05) is 6.07 Å². The summed E-state index contributed by atoms with van der Waals surface area (Å²) in [6, 6.07) is 8.97. The van der Waals surface area contributed by atoms with Crippen LogP contribution in [-0.4, -0.2) is 25.8 Å². The van der Waals surface area contributed by atoms with Gasteiger partial charge in [-0.05, 0) is 44.5 Å². The van der Waals surface area contributed by atoms with E-state index in [1.807, 2.05) is 19.1 Å². The van der Waals surface area contributed by atoms with E-state index < -0.39 is 0 Å². The first-order chi connectivity index (χ1) is 12.5. The van der Waals surface area contributed by atoms with Crippen LogP contribution in [0.15, 0.2) is 47.5 Å². The van der Waals surface area contributed by atoms with Crippen molar-refractivity contribution in [2.24, 2.45) is 0 Å². The maximum Gasteiger partial charge on any atom is 0.254 e. The molecule has 26 heavy (non-hydrogen) atoms. The molecular formula is C19H19N5O2. The Bertz CT molecular complexity index is 983. The van der Waals surface area contributed by atoms with Crippen LogP contribution in [0.3, 0.4) is 0 Å². The summed E-state index contributed by atoms with van der Waals surface area (Å²) in [5.41, 5.74) is 2.50. The first-order valence-corrected chi connectivity index (χ1v) is 8.26. The van der Waals surface area contributed by atoms with Crippen molar-refractivity contribution in [2.45, 2.75) is 26.7 Å². The lowest BCUT2D eigenvalue weighted by atomic mass is 10.1. The van der Waals surface area contributed by atoms with E-state index >= 15 is 0 Å². The summed E-state index contributed by atoms with van der Waals surface area (Å²) in [6.07, 6.45) is 3.77. The molecule has 3 aromatic heterocycles. The summed E-state index contributed by atoms with van der Waals surface area (Å²) in [5, 5.41) is 2.74. The van der Waals surface area contributed by atoms with Gasteiger partial charge in [-0.2, -0.15) is 0 Å². The number of hydrogen-bond acceptors (Lipinski definition) is 5. The fraction of sp³-hybridized carbons (Fsp3) is 0.211. The summed E-state index contributed by atoms with van der Waals surface area (Å²) in [7, 11) is 0. The Morgan fingerprint density at radius 2 is 1.88 bits per heavy atom. The van der Waals surface area contributed by atoms with Gasteiger partial charge in [0.1, 0.15) is 11.6 Å². The largest absolute Gasteiger partial charge is 0.311 e. The minimum Gasteiger partial charge on any atom is -0.311 e. The van der Waals surface area contributed by atoms with E-state index in [0.717, 1.165) is 11.3 Å². The molecular weight excluding hydrogens is 330 g/mol. The van der Waals surface area contributed by atoms with Crippen LogP contribution >= 0.6 is 0 Å². The number of nitrogens with zero attached hydrogens (tertiary/aromatic N) is 3. The second-order valence-corrected chi connectivity index (χ2v) is 5.93. The average molecular weight is 349 g/mol. The minimum absolute atomic E-state index is 0.176. The standard InChI is InChI=1S/C19H19N5O2/c1-12-4-3-5-16(21-12)23-17(25)7-6-15-13(2)22-18(24-19(15)26)14-8-10-20-11-9-14/h3-5,8-11H,6-7H2,1-2H3,(H,21,23,25)(H,22,24,26). The quantitative estimate of drug-likeness (QED) is 0.737. The molecule has 0 saturated carbocycles. The van der Waals surface area contributed by atoms with Gasteiger partial charge in [0.25, 0.3) is 5.56 Å². The lowest BCUT2D eigenvalue weighted by Crippen LogP contribution is -2.20. The van der Waals surface area contributed by atoms with E-state index in [1.165, 1.54) is 0 Å². The van der Waals surface area contributed by atoms with Crippen molar-refractivity contribution in [1.82, 2.24) is 19.9 Å².